The predicted octanol–water partition coefficient (Wildman–Crippen LogP) is 2.96. The lowest BCUT2D eigenvalue weighted by molar-refractivity contribution is 0.397. The van der Waals surface area contributed by atoms with Gasteiger partial charge >= 0.3 is 0 Å². The molecule has 0 radical (unpaired) electrons. The molecule has 0 aliphatic carbocycles. The molecule has 0 saturated heterocycles. The summed E-state index contributed by atoms with van der Waals surface area (Å²) in [4.78, 5) is 0. The minimum Gasteiger partial charge on any atom is -0.496 e. The Morgan fingerprint density at radius 1 is 1.00 bits per heavy atom. The van der Waals surface area contributed by atoms with Gasteiger partial charge in [0, 0.05) is 5.56 Å². The summed E-state index contributed by atoms with van der Waals surface area (Å²) in [5.74, 6) is 1.55. The van der Waals surface area contributed by atoms with Crippen LogP contribution >= 0.6 is 0 Å². The molecule has 78 valence electrons. The van der Waals surface area contributed by atoms with Crippen LogP contribution in [0.2, 0.25) is 0 Å². The molecule has 3 nitrogen and oxygen atoms in total. The summed E-state index contributed by atoms with van der Waals surface area (Å²) < 4.78 is 15.6. The third-order valence-corrected chi connectivity index (χ3v) is 2.24. The normalized spacial score (nSPS) is 10.0. The van der Waals surface area contributed by atoms with Crippen LogP contribution in [-0.4, -0.2) is 14.2 Å². The SMILES string of the molecule is COc1cccc(OC)c1-c1ccoc1. The molecule has 0 N–H and O–H groups in total. The second-order valence-corrected chi connectivity index (χ2v) is 3.05. The van der Waals surface area contributed by atoms with Crippen molar-refractivity contribution in [3.63, 3.8) is 0 Å². The molecule has 0 fully saturated rings. The number of hydrogen-bond donors (Lipinski definition) is 0. The average molecular weight is 204 g/mol. The van der Waals surface area contributed by atoms with Crippen molar-refractivity contribution >= 4 is 0 Å². The molecular weight excluding hydrogens is 192 g/mol. The van der Waals surface area contributed by atoms with Gasteiger partial charge in [-0.05, 0) is 18.2 Å². The van der Waals surface area contributed by atoms with E-state index in [4.69, 9.17) is 13.9 Å². The van der Waals surface area contributed by atoms with E-state index < -0.39 is 0 Å². The van der Waals surface area contributed by atoms with Gasteiger partial charge in [-0.2, -0.15) is 0 Å². The van der Waals surface area contributed by atoms with Crippen molar-refractivity contribution in [3.8, 4) is 22.6 Å². The van der Waals surface area contributed by atoms with Gasteiger partial charge < -0.3 is 13.9 Å². The zero-order chi connectivity index (χ0) is 10.7. The maximum atomic E-state index is 5.29. The van der Waals surface area contributed by atoms with E-state index in [-0.39, 0.29) is 0 Å². The van der Waals surface area contributed by atoms with Gasteiger partial charge in [-0.25, -0.2) is 0 Å². The number of furan rings is 1. The number of ether oxygens (including phenoxy) is 2. The van der Waals surface area contributed by atoms with Crippen LogP contribution < -0.4 is 9.47 Å². The lowest BCUT2D eigenvalue weighted by atomic mass is 10.1. The number of rotatable bonds is 3. The van der Waals surface area contributed by atoms with E-state index in [2.05, 4.69) is 0 Å². The number of methoxy groups -OCH3 is 2. The second kappa shape index (κ2) is 4.09. The van der Waals surface area contributed by atoms with Crippen LogP contribution in [0.4, 0.5) is 0 Å². The Balaban J connectivity index is 2.61. The van der Waals surface area contributed by atoms with Crippen LogP contribution in [-0.2, 0) is 0 Å². The first-order valence-corrected chi connectivity index (χ1v) is 4.60. The van der Waals surface area contributed by atoms with Crippen molar-refractivity contribution in [1.29, 1.82) is 0 Å². The van der Waals surface area contributed by atoms with Gasteiger partial charge in [-0.1, -0.05) is 6.07 Å². The molecule has 0 aliphatic heterocycles. The molecule has 1 aromatic carbocycles. The van der Waals surface area contributed by atoms with Crippen LogP contribution in [0.15, 0.2) is 41.2 Å². The Morgan fingerprint density at radius 2 is 1.67 bits per heavy atom. The summed E-state index contributed by atoms with van der Waals surface area (Å²) in [5, 5.41) is 0. The molecule has 0 saturated carbocycles. The molecule has 1 aromatic heterocycles. The van der Waals surface area contributed by atoms with Crippen LogP contribution in [0.5, 0.6) is 11.5 Å². The molecular formula is C12H12O3. The molecule has 0 aliphatic rings. The standard InChI is InChI=1S/C12H12O3/c1-13-10-4-3-5-11(14-2)12(10)9-6-7-15-8-9/h3-8H,1-2H3. The maximum Gasteiger partial charge on any atom is 0.130 e. The average Bonchev–Trinajstić information content (AvgIpc) is 2.81. The fourth-order valence-corrected chi connectivity index (χ4v) is 1.54. The molecule has 2 aromatic rings. The Labute approximate surface area is 88.2 Å². The monoisotopic (exact) mass is 204 g/mol. The Kier molecular flexibility index (Phi) is 2.63. The first kappa shape index (κ1) is 9.65. The van der Waals surface area contributed by atoms with E-state index in [9.17, 15) is 0 Å². The van der Waals surface area contributed by atoms with Crippen molar-refractivity contribution in [3.05, 3.63) is 36.8 Å². The lowest BCUT2D eigenvalue weighted by Gasteiger charge is -2.10. The molecule has 1 heterocycles. The fourth-order valence-electron chi connectivity index (χ4n) is 1.54. The van der Waals surface area contributed by atoms with E-state index in [1.54, 1.807) is 26.7 Å². The zero-order valence-corrected chi connectivity index (χ0v) is 8.69. The van der Waals surface area contributed by atoms with Gasteiger partial charge in [0.2, 0.25) is 0 Å². The third-order valence-electron chi connectivity index (χ3n) is 2.24. The molecule has 0 amide bonds. The van der Waals surface area contributed by atoms with E-state index in [0.29, 0.717) is 0 Å². The van der Waals surface area contributed by atoms with E-state index >= 15 is 0 Å². The van der Waals surface area contributed by atoms with Crippen LogP contribution in [0.3, 0.4) is 0 Å². The summed E-state index contributed by atoms with van der Waals surface area (Å²) in [6.45, 7) is 0. The number of hydrogen-bond acceptors (Lipinski definition) is 3. The molecule has 0 atom stereocenters. The third kappa shape index (κ3) is 1.68. The summed E-state index contributed by atoms with van der Waals surface area (Å²) in [6, 6.07) is 7.55. The molecule has 0 unspecified atom stereocenters. The Morgan fingerprint density at radius 3 is 2.13 bits per heavy atom. The zero-order valence-electron chi connectivity index (χ0n) is 8.69. The van der Waals surface area contributed by atoms with Gasteiger partial charge in [-0.15, -0.1) is 0 Å². The molecule has 3 heteroatoms. The van der Waals surface area contributed by atoms with Crippen molar-refractivity contribution in [1.82, 2.24) is 0 Å². The highest BCUT2D eigenvalue weighted by atomic mass is 16.5. The fraction of sp³-hybridized carbons (Fsp3) is 0.167. The summed E-state index contributed by atoms with van der Waals surface area (Å²) in [6.07, 6.45) is 3.29. The molecule has 2 rings (SSSR count). The highest BCUT2D eigenvalue weighted by molar-refractivity contribution is 5.76. The Hall–Kier alpha value is -1.90. The predicted molar refractivity (Wildman–Crippen MR) is 57.2 cm³/mol. The highest BCUT2D eigenvalue weighted by Crippen LogP contribution is 2.38. The summed E-state index contributed by atoms with van der Waals surface area (Å²) in [7, 11) is 3.27. The quantitative estimate of drug-likeness (QED) is 0.770. The van der Waals surface area contributed by atoms with Gasteiger partial charge in [0.1, 0.15) is 11.5 Å². The van der Waals surface area contributed by atoms with E-state index in [1.165, 1.54) is 0 Å². The number of benzene rings is 1. The van der Waals surface area contributed by atoms with E-state index in [1.807, 2.05) is 24.3 Å². The van der Waals surface area contributed by atoms with Gasteiger partial charge in [-0.3, -0.25) is 0 Å². The molecule has 0 bridgehead atoms. The first-order chi connectivity index (χ1) is 7.36. The van der Waals surface area contributed by atoms with Gasteiger partial charge in [0.15, 0.2) is 0 Å². The molecule has 0 spiro atoms. The van der Waals surface area contributed by atoms with Gasteiger partial charge in [0.25, 0.3) is 0 Å². The highest BCUT2D eigenvalue weighted by Gasteiger charge is 2.12. The van der Waals surface area contributed by atoms with Crippen LogP contribution in [0, 0.1) is 0 Å². The maximum absolute atomic E-state index is 5.29. The summed E-state index contributed by atoms with van der Waals surface area (Å²) >= 11 is 0. The Bertz CT molecular complexity index is 410. The van der Waals surface area contributed by atoms with E-state index in [0.717, 1.165) is 22.6 Å². The molecule has 15 heavy (non-hydrogen) atoms. The largest absolute Gasteiger partial charge is 0.496 e. The van der Waals surface area contributed by atoms with Crippen molar-refractivity contribution in [2.24, 2.45) is 0 Å². The van der Waals surface area contributed by atoms with Crippen molar-refractivity contribution in [2.45, 2.75) is 0 Å². The van der Waals surface area contributed by atoms with Crippen molar-refractivity contribution < 1.29 is 13.9 Å². The second-order valence-electron chi connectivity index (χ2n) is 3.05. The lowest BCUT2D eigenvalue weighted by Crippen LogP contribution is -1.91. The van der Waals surface area contributed by atoms with Crippen LogP contribution in [0.1, 0.15) is 0 Å². The van der Waals surface area contributed by atoms with Crippen LogP contribution in [0.25, 0.3) is 11.1 Å². The summed E-state index contributed by atoms with van der Waals surface area (Å²) in [5.41, 5.74) is 1.86. The minimum absolute atomic E-state index is 0.774. The first-order valence-electron chi connectivity index (χ1n) is 4.60. The van der Waals surface area contributed by atoms with Crippen molar-refractivity contribution in [2.75, 3.05) is 14.2 Å². The smallest absolute Gasteiger partial charge is 0.130 e. The minimum atomic E-state index is 0.774. The van der Waals surface area contributed by atoms with Gasteiger partial charge in [0.05, 0.1) is 32.3 Å². The topological polar surface area (TPSA) is 31.6 Å².